The van der Waals surface area contributed by atoms with E-state index < -0.39 is 5.66 Å². The summed E-state index contributed by atoms with van der Waals surface area (Å²) in [6.45, 7) is 2.39. The van der Waals surface area contributed by atoms with Crippen molar-refractivity contribution in [2.75, 3.05) is 25.0 Å². The number of nitrogens with zero attached hydrogens (tertiary/aromatic N) is 3. The summed E-state index contributed by atoms with van der Waals surface area (Å²) >= 11 is 0. The van der Waals surface area contributed by atoms with Crippen LogP contribution in [0, 0.1) is 0 Å². The van der Waals surface area contributed by atoms with Gasteiger partial charge in [0, 0.05) is 50.6 Å². The highest BCUT2D eigenvalue weighted by Gasteiger charge is 2.53. The van der Waals surface area contributed by atoms with Crippen molar-refractivity contribution in [1.29, 1.82) is 0 Å². The van der Waals surface area contributed by atoms with E-state index in [1.165, 1.54) is 0 Å². The van der Waals surface area contributed by atoms with Crippen molar-refractivity contribution in [2.24, 2.45) is 0 Å². The van der Waals surface area contributed by atoms with E-state index in [1.807, 2.05) is 41.4 Å². The third-order valence-corrected chi connectivity index (χ3v) is 6.29. The van der Waals surface area contributed by atoms with Crippen molar-refractivity contribution >= 4 is 17.5 Å². The van der Waals surface area contributed by atoms with Crippen molar-refractivity contribution in [3.05, 3.63) is 48.3 Å². The van der Waals surface area contributed by atoms with Crippen LogP contribution in [0.3, 0.4) is 0 Å². The molecule has 0 bridgehead atoms. The van der Waals surface area contributed by atoms with Crippen LogP contribution in [0.15, 0.2) is 42.7 Å². The molecule has 8 heteroatoms. The van der Waals surface area contributed by atoms with Crippen LogP contribution in [0.2, 0.25) is 0 Å². The number of carbonyl (C=O) groups excluding carboxylic acids is 2. The first-order valence-electron chi connectivity index (χ1n) is 10.2. The predicted molar refractivity (Wildman–Crippen MR) is 106 cm³/mol. The maximum atomic E-state index is 12.6. The van der Waals surface area contributed by atoms with Crippen LogP contribution in [-0.4, -0.2) is 57.5 Å². The Kier molecular flexibility index (Phi) is 4.31. The highest BCUT2D eigenvalue weighted by molar-refractivity contribution is 6.02. The number of carbonyl (C=O) groups is 2. The molecule has 8 nitrogen and oxygen atoms in total. The van der Waals surface area contributed by atoms with Crippen molar-refractivity contribution in [3.63, 3.8) is 0 Å². The van der Waals surface area contributed by atoms with Crippen molar-refractivity contribution in [2.45, 2.75) is 43.5 Å². The number of fused-ring (bicyclic) bond motifs is 1. The Bertz CT molecular complexity index is 920. The van der Waals surface area contributed by atoms with Crippen LogP contribution < -0.4 is 10.6 Å². The Morgan fingerprint density at radius 2 is 2.00 bits per heavy atom. The number of piperidine rings is 1. The molecular formula is C21H25N5O3. The molecule has 3 aliphatic heterocycles. The molecule has 2 aromatic rings. The van der Waals surface area contributed by atoms with Gasteiger partial charge in [0.15, 0.2) is 0 Å². The number of para-hydroxylation sites is 1. The number of amides is 2. The summed E-state index contributed by atoms with van der Waals surface area (Å²) in [5.41, 5.74) is 0.642. The Morgan fingerprint density at radius 3 is 2.79 bits per heavy atom. The largest absolute Gasteiger partial charge is 0.370 e. The van der Waals surface area contributed by atoms with Gasteiger partial charge in [0.25, 0.3) is 5.91 Å². The van der Waals surface area contributed by atoms with Crippen LogP contribution in [-0.2, 0) is 16.1 Å². The minimum absolute atomic E-state index is 0.0637. The number of ether oxygens (including phenoxy) is 1. The molecule has 2 saturated heterocycles. The van der Waals surface area contributed by atoms with Gasteiger partial charge in [-0.1, -0.05) is 12.1 Å². The van der Waals surface area contributed by atoms with Gasteiger partial charge >= 0.3 is 0 Å². The smallest absolute Gasteiger partial charge is 0.255 e. The number of aromatic nitrogens is 2. The van der Waals surface area contributed by atoms with Crippen LogP contribution >= 0.6 is 0 Å². The van der Waals surface area contributed by atoms with Gasteiger partial charge in [-0.2, -0.15) is 5.10 Å². The van der Waals surface area contributed by atoms with Crippen LogP contribution in [0.1, 0.15) is 36.0 Å². The van der Waals surface area contributed by atoms with E-state index in [1.54, 1.807) is 10.9 Å². The first kappa shape index (κ1) is 18.2. The molecule has 0 radical (unpaired) electrons. The summed E-state index contributed by atoms with van der Waals surface area (Å²) < 4.78 is 8.04. The number of anilines is 1. The number of aryl methyl sites for hydroxylation is 1. The summed E-state index contributed by atoms with van der Waals surface area (Å²) in [6.07, 6.45) is 6.30. The molecule has 1 atom stereocenters. The molecule has 3 aliphatic rings. The monoisotopic (exact) mass is 395 g/mol. The fraction of sp³-hybridized carbons (Fsp3) is 0.476. The van der Waals surface area contributed by atoms with Gasteiger partial charge in [-0.15, -0.1) is 0 Å². The van der Waals surface area contributed by atoms with E-state index in [0.29, 0.717) is 44.6 Å². The van der Waals surface area contributed by atoms with Gasteiger partial charge in [-0.25, -0.2) is 0 Å². The molecule has 5 rings (SSSR count). The van der Waals surface area contributed by atoms with Gasteiger partial charge in [0.1, 0.15) is 5.66 Å². The average Bonchev–Trinajstić information content (AvgIpc) is 3.36. The number of likely N-dealkylation sites (tertiary alicyclic amines) is 1. The second kappa shape index (κ2) is 6.88. The van der Waals surface area contributed by atoms with E-state index in [-0.39, 0.29) is 17.4 Å². The van der Waals surface area contributed by atoms with E-state index in [9.17, 15) is 9.59 Å². The molecule has 4 heterocycles. The maximum absolute atomic E-state index is 12.6. The molecule has 0 aliphatic carbocycles. The zero-order chi connectivity index (χ0) is 19.9. The third kappa shape index (κ3) is 3.37. The van der Waals surface area contributed by atoms with Crippen molar-refractivity contribution in [1.82, 2.24) is 20.0 Å². The zero-order valence-electron chi connectivity index (χ0n) is 16.3. The Hall–Kier alpha value is -2.87. The minimum atomic E-state index is -0.572. The lowest BCUT2D eigenvalue weighted by Crippen LogP contribution is -2.59. The SMILES string of the molecule is O=C1NC2(COC3(CCN(C(=O)CCn4cccn4)CC3)C2)Nc2ccccc21. The topological polar surface area (TPSA) is 88.5 Å². The van der Waals surface area contributed by atoms with Crippen molar-refractivity contribution in [3.8, 4) is 0 Å². The number of nitrogens with one attached hydrogen (secondary N) is 2. The number of hydrogen-bond acceptors (Lipinski definition) is 5. The highest BCUT2D eigenvalue weighted by Crippen LogP contribution is 2.42. The second-order valence-corrected chi connectivity index (χ2v) is 8.26. The summed E-state index contributed by atoms with van der Waals surface area (Å²) in [5, 5.41) is 10.8. The second-order valence-electron chi connectivity index (χ2n) is 8.26. The van der Waals surface area contributed by atoms with Gasteiger partial charge in [-0.3, -0.25) is 14.3 Å². The lowest BCUT2D eigenvalue weighted by molar-refractivity contribution is -0.136. The quantitative estimate of drug-likeness (QED) is 0.824. The molecule has 1 aromatic carbocycles. The molecule has 1 aromatic heterocycles. The first-order valence-corrected chi connectivity index (χ1v) is 10.2. The van der Waals surface area contributed by atoms with Gasteiger partial charge in [0.2, 0.25) is 5.91 Å². The number of benzene rings is 1. The lowest BCUT2D eigenvalue weighted by atomic mass is 9.84. The lowest BCUT2D eigenvalue weighted by Gasteiger charge is -2.41. The van der Waals surface area contributed by atoms with E-state index in [4.69, 9.17) is 4.74 Å². The molecule has 2 spiro atoms. The van der Waals surface area contributed by atoms with Crippen LogP contribution in [0.5, 0.6) is 0 Å². The molecule has 1 unspecified atom stereocenters. The summed E-state index contributed by atoms with van der Waals surface area (Å²) in [4.78, 5) is 27.0. The summed E-state index contributed by atoms with van der Waals surface area (Å²) in [6, 6.07) is 9.41. The molecule has 29 heavy (non-hydrogen) atoms. The molecule has 2 amide bonds. The fourth-order valence-corrected chi connectivity index (χ4v) is 4.74. The summed E-state index contributed by atoms with van der Waals surface area (Å²) in [5.74, 6) is 0.0901. The zero-order valence-corrected chi connectivity index (χ0v) is 16.3. The van der Waals surface area contributed by atoms with Crippen molar-refractivity contribution < 1.29 is 14.3 Å². The van der Waals surface area contributed by atoms with Crippen LogP contribution in [0.25, 0.3) is 0 Å². The van der Waals surface area contributed by atoms with E-state index in [0.717, 1.165) is 18.5 Å². The first-order chi connectivity index (χ1) is 14.1. The van der Waals surface area contributed by atoms with Gasteiger partial charge in [-0.05, 0) is 31.0 Å². The van der Waals surface area contributed by atoms with E-state index >= 15 is 0 Å². The maximum Gasteiger partial charge on any atom is 0.255 e. The van der Waals surface area contributed by atoms with Gasteiger partial charge in [0.05, 0.1) is 17.8 Å². The average molecular weight is 395 g/mol. The van der Waals surface area contributed by atoms with E-state index in [2.05, 4.69) is 15.7 Å². The molecular weight excluding hydrogens is 370 g/mol. The standard InChI is InChI=1S/C21H25N5O3/c27-18(6-11-26-10-3-9-22-26)25-12-7-20(8-13-25)14-21(15-29-20)23-17-5-2-1-4-16(17)19(28)24-21/h1-5,9-10,23H,6-8,11-15H2,(H,24,28). The Morgan fingerprint density at radius 1 is 1.17 bits per heavy atom. The normalized spacial score (nSPS) is 25.0. The third-order valence-electron chi connectivity index (χ3n) is 6.29. The minimum Gasteiger partial charge on any atom is -0.370 e. The number of rotatable bonds is 3. The molecule has 2 fully saturated rings. The summed E-state index contributed by atoms with van der Waals surface area (Å²) in [7, 11) is 0. The Labute approximate surface area is 169 Å². The van der Waals surface area contributed by atoms with Crippen LogP contribution in [0.4, 0.5) is 5.69 Å². The van der Waals surface area contributed by atoms with Gasteiger partial charge < -0.3 is 20.3 Å². The molecule has 0 saturated carbocycles. The highest BCUT2D eigenvalue weighted by atomic mass is 16.5. The molecule has 2 N–H and O–H groups in total. The fourth-order valence-electron chi connectivity index (χ4n) is 4.74. The molecule has 152 valence electrons. The number of hydrogen-bond donors (Lipinski definition) is 2. The Balaban J connectivity index is 1.20. The predicted octanol–water partition coefficient (Wildman–Crippen LogP) is 1.61.